The number of hydrogen-bond donors (Lipinski definition) is 2. The molecule has 0 bridgehead atoms. The normalized spacial score (nSPS) is 21.3. The second-order valence-corrected chi connectivity index (χ2v) is 6.80. The first-order valence-electron chi connectivity index (χ1n) is 9.16. The van der Waals surface area contributed by atoms with Gasteiger partial charge in [0.25, 0.3) is 0 Å². The highest BCUT2D eigenvalue weighted by atomic mass is 127. The third kappa shape index (κ3) is 7.92. The molecule has 1 saturated carbocycles. The van der Waals surface area contributed by atoms with Crippen LogP contribution >= 0.6 is 24.0 Å². The van der Waals surface area contributed by atoms with E-state index in [0.29, 0.717) is 31.1 Å². The lowest BCUT2D eigenvalue weighted by atomic mass is 9.85. The minimum absolute atomic E-state index is 0. The number of benzene rings is 1. The lowest BCUT2D eigenvalue weighted by molar-refractivity contribution is -0.182. The molecule has 2 rings (SSSR count). The fraction of sp³-hybridized carbons (Fsp3) is 0.632. The van der Waals surface area contributed by atoms with Gasteiger partial charge in [0.15, 0.2) is 5.96 Å². The predicted molar refractivity (Wildman–Crippen MR) is 115 cm³/mol. The summed E-state index contributed by atoms with van der Waals surface area (Å²) in [7, 11) is 3.24. The standard InChI is InChI=1S/C19H28F3N3O2.HI/c1-13(27-17-6-4-5-16(11-17)26-3)12-24-18(23-2)25-15-9-7-14(8-10-15)19(20,21)22;/h4-6,11,13-15H,7-10,12H2,1-3H3,(H2,23,24,25);1H. The summed E-state index contributed by atoms with van der Waals surface area (Å²) in [6, 6.07) is 7.36. The van der Waals surface area contributed by atoms with E-state index in [1.165, 1.54) is 0 Å². The van der Waals surface area contributed by atoms with Crippen LogP contribution in [-0.4, -0.2) is 45.0 Å². The highest BCUT2D eigenvalue weighted by molar-refractivity contribution is 14.0. The Morgan fingerprint density at radius 1 is 1.21 bits per heavy atom. The van der Waals surface area contributed by atoms with Gasteiger partial charge in [-0.15, -0.1) is 24.0 Å². The van der Waals surface area contributed by atoms with Crippen LogP contribution < -0.4 is 20.1 Å². The zero-order valence-electron chi connectivity index (χ0n) is 16.4. The van der Waals surface area contributed by atoms with Gasteiger partial charge >= 0.3 is 6.18 Å². The van der Waals surface area contributed by atoms with Crippen LogP contribution in [0.15, 0.2) is 29.3 Å². The first-order valence-corrected chi connectivity index (χ1v) is 9.16. The van der Waals surface area contributed by atoms with E-state index in [-0.39, 0.29) is 49.0 Å². The molecule has 160 valence electrons. The molecule has 2 N–H and O–H groups in total. The monoisotopic (exact) mass is 515 g/mol. The van der Waals surface area contributed by atoms with Gasteiger partial charge in [-0.2, -0.15) is 13.2 Å². The van der Waals surface area contributed by atoms with E-state index in [4.69, 9.17) is 9.47 Å². The van der Waals surface area contributed by atoms with Crippen LogP contribution in [0, 0.1) is 5.92 Å². The summed E-state index contributed by atoms with van der Waals surface area (Å²) in [6.07, 6.45) is -2.92. The average Bonchev–Trinajstić information content (AvgIpc) is 2.65. The number of aliphatic imine (C=N–C) groups is 1. The molecule has 1 unspecified atom stereocenters. The molecule has 0 aromatic heterocycles. The van der Waals surface area contributed by atoms with E-state index in [2.05, 4.69) is 15.6 Å². The molecule has 1 aromatic carbocycles. The van der Waals surface area contributed by atoms with Crippen LogP contribution in [0.4, 0.5) is 13.2 Å². The molecule has 0 aliphatic heterocycles. The molecule has 0 heterocycles. The molecule has 1 fully saturated rings. The van der Waals surface area contributed by atoms with Gasteiger partial charge in [-0.05, 0) is 44.7 Å². The lowest BCUT2D eigenvalue weighted by Gasteiger charge is -2.31. The van der Waals surface area contributed by atoms with Gasteiger partial charge in [0, 0.05) is 19.2 Å². The van der Waals surface area contributed by atoms with Crippen molar-refractivity contribution in [1.29, 1.82) is 0 Å². The van der Waals surface area contributed by atoms with E-state index in [9.17, 15) is 13.2 Å². The maximum atomic E-state index is 12.8. The van der Waals surface area contributed by atoms with Crippen molar-refractivity contribution < 1.29 is 22.6 Å². The molecular weight excluding hydrogens is 486 g/mol. The van der Waals surface area contributed by atoms with Crippen molar-refractivity contribution >= 4 is 29.9 Å². The Hall–Kier alpha value is -1.39. The highest BCUT2D eigenvalue weighted by Gasteiger charge is 2.41. The second-order valence-electron chi connectivity index (χ2n) is 6.80. The third-order valence-corrected chi connectivity index (χ3v) is 4.69. The van der Waals surface area contributed by atoms with Crippen molar-refractivity contribution in [3.05, 3.63) is 24.3 Å². The molecule has 0 saturated heterocycles. The van der Waals surface area contributed by atoms with Crippen molar-refractivity contribution in [1.82, 2.24) is 10.6 Å². The molecule has 0 amide bonds. The number of hydrogen-bond acceptors (Lipinski definition) is 3. The number of guanidine groups is 1. The van der Waals surface area contributed by atoms with Gasteiger partial charge in [-0.1, -0.05) is 6.07 Å². The van der Waals surface area contributed by atoms with Crippen molar-refractivity contribution in [3.63, 3.8) is 0 Å². The molecule has 9 heteroatoms. The summed E-state index contributed by atoms with van der Waals surface area (Å²) in [5.74, 6) is 0.824. The fourth-order valence-corrected chi connectivity index (χ4v) is 3.14. The maximum absolute atomic E-state index is 12.8. The SMILES string of the molecule is CN=C(NCC(C)Oc1cccc(OC)c1)NC1CCC(C(F)(F)F)CC1.I. The quantitative estimate of drug-likeness (QED) is 0.336. The van der Waals surface area contributed by atoms with Gasteiger partial charge in [0.1, 0.15) is 17.6 Å². The Morgan fingerprint density at radius 2 is 1.86 bits per heavy atom. The topological polar surface area (TPSA) is 54.9 Å². The summed E-state index contributed by atoms with van der Waals surface area (Å²) >= 11 is 0. The number of halogens is 4. The largest absolute Gasteiger partial charge is 0.497 e. The zero-order chi connectivity index (χ0) is 19.9. The van der Waals surface area contributed by atoms with Crippen LogP contribution in [0.2, 0.25) is 0 Å². The Kier molecular flexibility index (Phi) is 10.2. The summed E-state index contributed by atoms with van der Waals surface area (Å²) in [5, 5.41) is 6.38. The number of rotatable bonds is 6. The van der Waals surface area contributed by atoms with Crippen molar-refractivity contribution in [2.24, 2.45) is 10.9 Å². The van der Waals surface area contributed by atoms with Crippen LogP contribution in [0.5, 0.6) is 11.5 Å². The molecule has 5 nitrogen and oxygen atoms in total. The molecule has 0 radical (unpaired) electrons. The number of nitrogens with one attached hydrogen (secondary N) is 2. The minimum atomic E-state index is -4.09. The number of ether oxygens (including phenoxy) is 2. The minimum Gasteiger partial charge on any atom is -0.497 e. The molecule has 28 heavy (non-hydrogen) atoms. The van der Waals surface area contributed by atoms with Crippen molar-refractivity contribution in [3.8, 4) is 11.5 Å². The second kappa shape index (κ2) is 11.6. The average molecular weight is 515 g/mol. The molecule has 1 aliphatic rings. The van der Waals surface area contributed by atoms with Crippen molar-refractivity contribution in [2.45, 2.75) is 50.9 Å². The van der Waals surface area contributed by atoms with Crippen LogP contribution in [0.25, 0.3) is 0 Å². The number of methoxy groups -OCH3 is 1. The van der Waals surface area contributed by atoms with Gasteiger partial charge in [-0.3, -0.25) is 4.99 Å². The van der Waals surface area contributed by atoms with E-state index >= 15 is 0 Å². The molecular formula is C19H29F3IN3O2. The predicted octanol–water partition coefficient (Wildman–Crippen LogP) is 4.37. The Balaban J connectivity index is 0.00000392. The van der Waals surface area contributed by atoms with E-state index in [0.717, 1.165) is 5.75 Å². The molecule has 1 aliphatic carbocycles. The smallest absolute Gasteiger partial charge is 0.391 e. The van der Waals surface area contributed by atoms with E-state index < -0.39 is 12.1 Å². The summed E-state index contributed by atoms with van der Waals surface area (Å²) in [4.78, 5) is 4.15. The summed E-state index contributed by atoms with van der Waals surface area (Å²) in [6.45, 7) is 2.43. The fourth-order valence-electron chi connectivity index (χ4n) is 3.14. The van der Waals surface area contributed by atoms with Crippen LogP contribution in [0.3, 0.4) is 0 Å². The number of nitrogens with zero attached hydrogens (tertiary/aromatic N) is 1. The van der Waals surface area contributed by atoms with Crippen molar-refractivity contribution in [2.75, 3.05) is 20.7 Å². The van der Waals surface area contributed by atoms with Gasteiger partial charge in [0.05, 0.1) is 19.6 Å². The van der Waals surface area contributed by atoms with Gasteiger partial charge in [0.2, 0.25) is 0 Å². The zero-order valence-corrected chi connectivity index (χ0v) is 18.7. The van der Waals surface area contributed by atoms with E-state index in [1.54, 1.807) is 14.2 Å². The third-order valence-electron chi connectivity index (χ3n) is 4.69. The van der Waals surface area contributed by atoms with Crippen LogP contribution in [-0.2, 0) is 0 Å². The van der Waals surface area contributed by atoms with E-state index in [1.807, 2.05) is 31.2 Å². The molecule has 1 aromatic rings. The first kappa shape index (κ1) is 24.6. The Labute approximate surface area is 181 Å². The van der Waals surface area contributed by atoms with Gasteiger partial charge in [-0.25, -0.2) is 0 Å². The Morgan fingerprint density at radius 3 is 2.43 bits per heavy atom. The highest BCUT2D eigenvalue weighted by Crippen LogP contribution is 2.37. The number of alkyl halides is 3. The molecule has 0 spiro atoms. The summed E-state index contributed by atoms with van der Waals surface area (Å²) < 4.78 is 49.3. The lowest BCUT2D eigenvalue weighted by Crippen LogP contribution is -2.47. The summed E-state index contributed by atoms with van der Waals surface area (Å²) in [5.41, 5.74) is 0. The molecule has 1 atom stereocenters. The maximum Gasteiger partial charge on any atom is 0.391 e. The first-order chi connectivity index (χ1) is 12.8. The van der Waals surface area contributed by atoms with Gasteiger partial charge < -0.3 is 20.1 Å². The van der Waals surface area contributed by atoms with Crippen LogP contribution in [0.1, 0.15) is 32.6 Å². The Bertz CT molecular complexity index is 621.